The lowest BCUT2D eigenvalue weighted by molar-refractivity contribution is 0.0996. The molecule has 0 spiro atoms. The Kier molecular flexibility index (Phi) is 4.22. The van der Waals surface area contributed by atoms with Crippen LogP contribution >= 0.6 is 0 Å². The Bertz CT molecular complexity index is 1100. The van der Waals surface area contributed by atoms with Crippen LogP contribution in [0.2, 0.25) is 0 Å². The fourth-order valence-electron chi connectivity index (χ4n) is 2.88. The van der Waals surface area contributed by atoms with E-state index < -0.39 is 17.8 Å². The lowest BCUT2D eigenvalue weighted by Gasteiger charge is -2.20. The second-order valence-corrected chi connectivity index (χ2v) is 6.42. The van der Waals surface area contributed by atoms with Crippen molar-refractivity contribution in [3.8, 4) is 0 Å². The number of hydrogen-bond donors (Lipinski definition) is 3. The van der Waals surface area contributed by atoms with Gasteiger partial charge in [-0.15, -0.1) is 0 Å². The van der Waals surface area contributed by atoms with Crippen molar-refractivity contribution in [1.82, 2.24) is 15.0 Å². The van der Waals surface area contributed by atoms with Gasteiger partial charge < -0.3 is 16.8 Å². The van der Waals surface area contributed by atoms with E-state index in [1.165, 1.54) is 29.4 Å². The molecule has 0 bridgehead atoms. The highest BCUT2D eigenvalue weighted by atomic mass is 19.1. The molecule has 1 aromatic carbocycles. The van der Waals surface area contributed by atoms with E-state index in [0.717, 1.165) is 12.8 Å². The van der Waals surface area contributed by atoms with Gasteiger partial charge in [-0.3, -0.25) is 14.7 Å². The molecule has 0 saturated heterocycles. The van der Waals surface area contributed by atoms with Crippen molar-refractivity contribution in [1.29, 1.82) is 0 Å². The number of carbonyl (C=O) groups excluding carboxylic acids is 2. The van der Waals surface area contributed by atoms with Gasteiger partial charge in [0.05, 0.1) is 23.6 Å². The van der Waals surface area contributed by atoms with Gasteiger partial charge in [0, 0.05) is 11.4 Å². The van der Waals surface area contributed by atoms with Crippen molar-refractivity contribution < 1.29 is 14.0 Å². The van der Waals surface area contributed by atoms with Crippen LogP contribution in [0.15, 0.2) is 36.7 Å². The number of rotatable bonds is 5. The standard InChI is InChI=1S/C18H16FN7O2/c19-10-1-4-13-9(5-10)6-11(7-22-13)24-17-15(16(20)27)23-8-14(25-17)26(18(21)28)12-2-3-12/h1,4-8,12H,2-3H2,(H2,20,27)(H2,21,28)(H,24,25). The molecule has 2 aromatic heterocycles. The Morgan fingerprint density at radius 1 is 1.14 bits per heavy atom. The van der Waals surface area contributed by atoms with Gasteiger partial charge in [0.2, 0.25) is 0 Å². The first-order valence-corrected chi connectivity index (χ1v) is 8.50. The first-order chi connectivity index (χ1) is 13.4. The average Bonchev–Trinajstić information content (AvgIpc) is 3.46. The van der Waals surface area contributed by atoms with Crippen LogP contribution in [0.4, 0.5) is 26.5 Å². The van der Waals surface area contributed by atoms with Crippen LogP contribution in [0.5, 0.6) is 0 Å². The number of nitrogens with one attached hydrogen (secondary N) is 1. The van der Waals surface area contributed by atoms with Crippen molar-refractivity contribution in [3.63, 3.8) is 0 Å². The Hall–Kier alpha value is -3.82. The summed E-state index contributed by atoms with van der Waals surface area (Å²) in [6.07, 6.45) is 4.41. The molecular formula is C18H16FN7O2. The number of carbonyl (C=O) groups is 2. The Balaban J connectivity index is 1.73. The third kappa shape index (κ3) is 3.39. The van der Waals surface area contributed by atoms with Crippen LogP contribution in [0.1, 0.15) is 23.3 Å². The number of fused-ring (bicyclic) bond motifs is 1. The zero-order valence-electron chi connectivity index (χ0n) is 14.6. The molecule has 1 saturated carbocycles. The number of hydrogen-bond acceptors (Lipinski definition) is 6. The summed E-state index contributed by atoms with van der Waals surface area (Å²) in [6.45, 7) is 0. The highest BCUT2D eigenvalue weighted by Gasteiger charge is 2.34. The van der Waals surface area contributed by atoms with Crippen LogP contribution in [0.25, 0.3) is 10.9 Å². The summed E-state index contributed by atoms with van der Waals surface area (Å²) in [5, 5.41) is 3.48. The molecule has 1 fully saturated rings. The molecule has 1 aliphatic carbocycles. The monoisotopic (exact) mass is 381 g/mol. The van der Waals surface area contributed by atoms with Gasteiger partial charge in [-0.2, -0.15) is 0 Å². The van der Waals surface area contributed by atoms with E-state index in [0.29, 0.717) is 16.6 Å². The number of nitrogens with zero attached hydrogens (tertiary/aromatic N) is 4. The van der Waals surface area contributed by atoms with E-state index in [1.807, 2.05) is 0 Å². The molecule has 3 amide bonds. The lowest BCUT2D eigenvalue weighted by Crippen LogP contribution is -2.38. The summed E-state index contributed by atoms with van der Waals surface area (Å²) in [4.78, 5) is 37.4. The predicted molar refractivity (Wildman–Crippen MR) is 101 cm³/mol. The summed E-state index contributed by atoms with van der Waals surface area (Å²) in [7, 11) is 0. The van der Waals surface area contributed by atoms with Crippen LogP contribution < -0.4 is 21.7 Å². The minimum Gasteiger partial charge on any atom is -0.364 e. The van der Waals surface area contributed by atoms with Gasteiger partial charge in [-0.25, -0.2) is 19.2 Å². The van der Waals surface area contributed by atoms with Gasteiger partial charge in [0.15, 0.2) is 17.3 Å². The topological polar surface area (TPSA) is 140 Å². The molecule has 3 aromatic rings. The van der Waals surface area contributed by atoms with Crippen molar-refractivity contribution in [2.75, 3.05) is 10.2 Å². The molecule has 0 unspecified atom stereocenters. The highest BCUT2D eigenvalue weighted by molar-refractivity contribution is 5.97. The Morgan fingerprint density at radius 2 is 1.93 bits per heavy atom. The molecule has 4 rings (SSSR count). The van der Waals surface area contributed by atoms with Crippen molar-refractivity contribution in [2.24, 2.45) is 11.5 Å². The lowest BCUT2D eigenvalue weighted by atomic mass is 10.2. The molecule has 28 heavy (non-hydrogen) atoms. The molecule has 10 heteroatoms. The summed E-state index contributed by atoms with van der Waals surface area (Å²) in [6, 6.07) is 5.18. The third-order valence-corrected chi connectivity index (χ3v) is 4.30. The number of benzene rings is 1. The number of pyridine rings is 1. The van der Waals surface area contributed by atoms with Gasteiger partial charge in [-0.1, -0.05) is 0 Å². The number of primary amides is 2. The zero-order valence-corrected chi connectivity index (χ0v) is 14.6. The van der Waals surface area contributed by atoms with Gasteiger partial charge in [0.25, 0.3) is 5.91 Å². The van der Waals surface area contributed by atoms with E-state index in [1.54, 1.807) is 12.1 Å². The molecule has 0 radical (unpaired) electrons. The van der Waals surface area contributed by atoms with Crippen LogP contribution in [0, 0.1) is 5.82 Å². The molecule has 0 aliphatic heterocycles. The van der Waals surface area contributed by atoms with Crippen LogP contribution in [-0.2, 0) is 0 Å². The Morgan fingerprint density at radius 3 is 2.61 bits per heavy atom. The number of amides is 3. The minimum absolute atomic E-state index is 0.0376. The summed E-state index contributed by atoms with van der Waals surface area (Å²) in [5.74, 6) is -0.928. The van der Waals surface area contributed by atoms with Gasteiger partial charge in [0.1, 0.15) is 5.82 Å². The van der Waals surface area contributed by atoms with Crippen molar-refractivity contribution in [3.05, 3.63) is 48.2 Å². The van der Waals surface area contributed by atoms with E-state index >= 15 is 0 Å². The number of aromatic nitrogens is 3. The maximum absolute atomic E-state index is 13.5. The first-order valence-electron chi connectivity index (χ1n) is 8.50. The molecule has 142 valence electrons. The van der Waals surface area contributed by atoms with Crippen LogP contribution in [0.3, 0.4) is 0 Å². The first kappa shape index (κ1) is 17.6. The SMILES string of the molecule is NC(=O)c1ncc(N(C(N)=O)C2CC2)nc1Nc1cnc2ccc(F)cc2c1. The average molecular weight is 381 g/mol. The summed E-state index contributed by atoms with van der Waals surface area (Å²) in [5.41, 5.74) is 11.8. The highest BCUT2D eigenvalue weighted by Crippen LogP contribution is 2.31. The minimum atomic E-state index is -0.793. The molecule has 2 heterocycles. The smallest absolute Gasteiger partial charge is 0.320 e. The quantitative estimate of drug-likeness (QED) is 0.618. The molecule has 0 atom stereocenters. The van der Waals surface area contributed by atoms with E-state index in [9.17, 15) is 14.0 Å². The van der Waals surface area contributed by atoms with E-state index in [2.05, 4.69) is 20.3 Å². The van der Waals surface area contributed by atoms with Gasteiger partial charge in [-0.05, 0) is 37.1 Å². The normalized spacial score (nSPS) is 13.3. The molecule has 9 nitrogen and oxygen atoms in total. The predicted octanol–water partition coefficient (Wildman–Crippen LogP) is 2.05. The fourth-order valence-corrected chi connectivity index (χ4v) is 2.88. The molecular weight excluding hydrogens is 365 g/mol. The maximum atomic E-state index is 13.5. The molecule has 5 N–H and O–H groups in total. The maximum Gasteiger partial charge on any atom is 0.320 e. The van der Waals surface area contributed by atoms with Crippen LogP contribution in [-0.4, -0.2) is 32.9 Å². The summed E-state index contributed by atoms with van der Waals surface area (Å²) >= 11 is 0. The van der Waals surface area contributed by atoms with Crippen molar-refractivity contribution >= 4 is 40.2 Å². The van der Waals surface area contributed by atoms with E-state index in [-0.39, 0.29) is 23.4 Å². The number of nitrogens with two attached hydrogens (primary N) is 2. The van der Waals surface area contributed by atoms with E-state index in [4.69, 9.17) is 11.5 Å². The fraction of sp³-hybridized carbons (Fsp3) is 0.167. The third-order valence-electron chi connectivity index (χ3n) is 4.30. The largest absolute Gasteiger partial charge is 0.364 e. The zero-order chi connectivity index (χ0) is 19.8. The summed E-state index contributed by atoms with van der Waals surface area (Å²) < 4.78 is 13.5. The second-order valence-electron chi connectivity index (χ2n) is 6.42. The Labute approximate surface area is 158 Å². The number of halogens is 1. The van der Waals surface area contributed by atoms with Crippen molar-refractivity contribution in [2.45, 2.75) is 18.9 Å². The number of urea groups is 1. The second kappa shape index (κ2) is 6.72. The molecule has 1 aliphatic rings. The van der Waals surface area contributed by atoms with Gasteiger partial charge >= 0.3 is 6.03 Å². The number of anilines is 3.